The van der Waals surface area contributed by atoms with Crippen LogP contribution in [0.2, 0.25) is 5.02 Å². The van der Waals surface area contributed by atoms with Crippen molar-refractivity contribution in [3.63, 3.8) is 0 Å². The molecule has 2 amide bonds. The quantitative estimate of drug-likeness (QED) is 0.585. The van der Waals surface area contributed by atoms with Gasteiger partial charge >= 0.3 is 0 Å². The lowest BCUT2D eigenvalue weighted by molar-refractivity contribution is -0.121. The zero-order valence-electron chi connectivity index (χ0n) is 12.2. The lowest BCUT2D eigenvalue weighted by Crippen LogP contribution is -2.44. The van der Waals surface area contributed by atoms with Gasteiger partial charge in [0.05, 0.1) is 10.8 Å². The molecule has 0 heterocycles. The second kappa shape index (κ2) is 7.89. The van der Waals surface area contributed by atoms with Crippen LogP contribution in [0.25, 0.3) is 0 Å². The summed E-state index contributed by atoms with van der Waals surface area (Å²) in [6.07, 6.45) is 0. The maximum Gasteiger partial charge on any atom is 0.273 e. The third-order valence-electron chi connectivity index (χ3n) is 2.93. The molecule has 2 aromatic rings. The van der Waals surface area contributed by atoms with Crippen molar-refractivity contribution in [3.05, 3.63) is 59.1 Å². The molecule has 0 fully saturated rings. The molecule has 0 radical (unpaired) electrons. The maximum atomic E-state index is 12.0. The summed E-state index contributed by atoms with van der Waals surface area (Å²) in [5.74, 6) is -1.21. The molecule has 0 aliphatic rings. The predicted octanol–water partition coefficient (Wildman–Crippen LogP) is 2.99. The van der Waals surface area contributed by atoms with Crippen LogP contribution in [0, 0.1) is 0 Å². The SMILES string of the molecule is CC(Sc1ccccc1)C(=O)NNC(=O)c1cc(Cl)ccc1O. The molecule has 2 rings (SSSR count). The number of benzene rings is 2. The summed E-state index contributed by atoms with van der Waals surface area (Å²) >= 11 is 7.15. The van der Waals surface area contributed by atoms with Gasteiger partial charge in [0.1, 0.15) is 5.75 Å². The van der Waals surface area contributed by atoms with Crippen molar-refractivity contribution in [2.24, 2.45) is 0 Å². The number of hydrogen-bond acceptors (Lipinski definition) is 4. The van der Waals surface area contributed by atoms with E-state index in [1.807, 2.05) is 30.3 Å². The molecule has 0 spiro atoms. The average Bonchev–Trinajstić information content (AvgIpc) is 2.55. The summed E-state index contributed by atoms with van der Waals surface area (Å²) in [4.78, 5) is 24.9. The zero-order chi connectivity index (χ0) is 16.8. The van der Waals surface area contributed by atoms with Crippen LogP contribution in [0.5, 0.6) is 5.75 Å². The number of hydrogen-bond donors (Lipinski definition) is 3. The molecule has 1 unspecified atom stereocenters. The largest absolute Gasteiger partial charge is 0.507 e. The van der Waals surface area contributed by atoms with Gasteiger partial charge in [-0.05, 0) is 37.3 Å². The highest BCUT2D eigenvalue weighted by molar-refractivity contribution is 8.00. The molecule has 2 aromatic carbocycles. The molecule has 1 atom stereocenters. The van der Waals surface area contributed by atoms with Crippen molar-refractivity contribution in [2.45, 2.75) is 17.1 Å². The summed E-state index contributed by atoms with van der Waals surface area (Å²) in [6, 6.07) is 13.6. The Morgan fingerprint density at radius 1 is 1.13 bits per heavy atom. The summed E-state index contributed by atoms with van der Waals surface area (Å²) < 4.78 is 0. The second-order valence-electron chi connectivity index (χ2n) is 4.68. The Morgan fingerprint density at radius 2 is 1.83 bits per heavy atom. The molecule has 0 aliphatic carbocycles. The highest BCUT2D eigenvalue weighted by atomic mass is 35.5. The van der Waals surface area contributed by atoms with Crippen molar-refractivity contribution >= 4 is 35.2 Å². The highest BCUT2D eigenvalue weighted by Crippen LogP contribution is 2.23. The molecular formula is C16H15ClN2O3S. The lowest BCUT2D eigenvalue weighted by atomic mass is 10.2. The van der Waals surface area contributed by atoms with Gasteiger partial charge in [-0.25, -0.2) is 0 Å². The fourth-order valence-electron chi connectivity index (χ4n) is 1.73. The monoisotopic (exact) mass is 350 g/mol. The van der Waals surface area contributed by atoms with E-state index >= 15 is 0 Å². The van der Waals surface area contributed by atoms with E-state index in [1.165, 1.54) is 30.0 Å². The van der Waals surface area contributed by atoms with Crippen LogP contribution in [0.3, 0.4) is 0 Å². The molecular weight excluding hydrogens is 336 g/mol. The van der Waals surface area contributed by atoms with E-state index < -0.39 is 11.2 Å². The number of hydrazine groups is 1. The Kier molecular flexibility index (Phi) is 5.90. The van der Waals surface area contributed by atoms with Gasteiger partial charge in [-0.1, -0.05) is 29.8 Å². The molecule has 0 saturated carbocycles. The number of phenolic OH excluding ortho intramolecular Hbond substituents is 1. The van der Waals surface area contributed by atoms with E-state index in [9.17, 15) is 14.7 Å². The summed E-state index contributed by atoms with van der Waals surface area (Å²) in [5, 5.41) is 9.55. The third-order valence-corrected chi connectivity index (χ3v) is 4.27. The van der Waals surface area contributed by atoms with Gasteiger partial charge in [0, 0.05) is 9.92 Å². The van der Waals surface area contributed by atoms with Crippen molar-refractivity contribution < 1.29 is 14.7 Å². The fraction of sp³-hybridized carbons (Fsp3) is 0.125. The van der Waals surface area contributed by atoms with Crippen molar-refractivity contribution in [2.75, 3.05) is 0 Å². The third kappa shape index (κ3) is 4.91. The number of rotatable bonds is 4. The normalized spacial score (nSPS) is 11.6. The predicted molar refractivity (Wildman–Crippen MR) is 90.5 cm³/mol. The molecule has 5 nitrogen and oxygen atoms in total. The van der Waals surface area contributed by atoms with Gasteiger partial charge in [0.15, 0.2) is 0 Å². The minimum Gasteiger partial charge on any atom is -0.507 e. The minimum absolute atomic E-state index is 0.0128. The summed E-state index contributed by atoms with van der Waals surface area (Å²) in [5.41, 5.74) is 4.58. The zero-order valence-corrected chi connectivity index (χ0v) is 13.8. The number of amides is 2. The van der Waals surface area contributed by atoms with E-state index in [0.29, 0.717) is 5.02 Å². The number of carbonyl (C=O) groups is 2. The van der Waals surface area contributed by atoms with Crippen LogP contribution in [-0.2, 0) is 4.79 Å². The second-order valence-corrected chi connectivity index (χ2v) is 6.53. The van der Waals surface area contributed by atoms with E-state index in [1.54, 1.807) is 6.92 Å². The fourth-order valence-corrected chi connectivity index (χ4v) is 2.79. The first-order valence-electron chi connectivity index (χ1n) is 6.78. The Morgan fingerprint density at radius 3 is 2.52 bits per heavy atom. The first-order chi connectivity index (χ1) is 11.0. The van der Waals surface area contributed by atoms with Gasteiger partial charge in [-0.2, -0.15) is 0 Å². The van der Waals surface area contributed by atoms with Crippen LogP contribution < -0.4 is 10.9 Å². The molecule has 3 N–H and O–H groups in total. The smallest absolute Gasteiger partial charge is 0.273 e. The van der Waals surface area contributed by atoms with Gasteiger partial charge in [0.25, 0.3) is 11.8 Å². The van der Waals surface area contributed by atoms with Gasteiger partial charge in [-0.15, -0.1) is 11.8 Å². The van der Waals surface area contributed by atoms with E-state index in [0.717, 1.165) is 4.90 Å². The van der Waals surface area contributed by atoms with Crippen molar-refractivity contribution in [1.29, 1.82) is 0 Å². The number of phenols is 1. The molecule has 0 aliphatic heterocycles. The Balaban J connectivity index is 1.90. The Hall–Kier alpha value is -2.18. The van der Waals surface area contributed by atoms with Crippen LogP contribution in [-0.4, -0.2) is 22.2 Å². The Labute approximate surface area is 143 Å². The van der Waals surface area contributed by atoms with Crippen LogP contribution in [0.1, 0.15) is 17.3 Å². The highest BCUT2D eigenvalue weighted by Gasteiger charge is 2.17. The first kappa shape index (κ1) is 17.2. The van der Waals surface area contributed by atoms with Crippen LogP contribution >= 0.6 is 23.4 Å². The molecule has 23 heavy (non-hydrogen) atoms. The van der Waals surface area contributed by atoms with Crippen molar-refractivity contribution in [1.82, 2.24) is 10.9 Å². The molecule has 120 valence electrons. The van der Waals surface area contributed by atoms with Crippen molar-refractivity contribution in [3.8, 4) is 5.75 Å². The molecule has 0 aromatic heterocycles. The van der Waals surface area contributed by atoms with Gasteiger partial charge in [-0.3, -0.25) is 20.4 Å². The number of carbonyl (C=O) groups excluding carboxylic acids is 2. The molecule has 0 bridgehead atoms. The van der Waals surface area contributed by atoms with Gasteiger partial charge in [0.2, 0.25) is 0 Å². The molecule has 7 heteroatoms. The number of aromatic hydroxyl groups is 1. The van der Waals surface area contributed by atoms with Gasteiger partial charge < -0.3 is 5.11 Å². The Bertz CT molecular complexity index is 710. The van der Waals surface area contributed by atoms with Crippen LogP contribution in [0.4, 0.5) is 0 Å². The molecule has 0 saturated heterocycles. The number of thioether (sulfide) groups is 1. The van der Waals surface area contributed by atoms with E-state index in [2.05, 4.69) is 10.9 Å². The number of halogens is 1. The number of nitrogens with one attached hydrogen (secondary N) is 2. The van der Waals surface area contributed by atoms with Crippen LogP contribution in [0.15, 0.2) is 53.4 Å². The summed E-state index contributed by atoms with van der Waals surface area (Å²) in [7, 11) is 0. The lowest BCUT2D eigenvalue weighted by Gasteiger charge is -2.13. The average molecular weight is 351 g/mol. The maximum absolute atomic E-state index is 12.0. The standard InChI is InChI=1S/C16H15ClN2O3S/c1-10(23-12-5-3-2-4-6-12)15(21)18-19-16(22)13-9-11(17)7-8-14(13)20/h2-10,20H,1H3,(H,18,21)(H,19,22). The topological polar surface area (TPSA) is 78.4 Å². The van der Waals surface area contributed by atoms with E-state index in [4.69, 9.17) is 11.6 Å². The minimum atomic E-state index is -0.643. The van der Waals surface area contributed by atoms with E-state index in [-0.39, 0.29) is 17.2 Å². The summed E-state index contributed by atoms with van der Waals surface area (Å²) in [6.45, 7) is 1.73. The first-order valence-corrected chi connectivity index (χ1v) is 8.03.